The average Bonchev–Trinajstić information content (AvgIpc) is 3.08. The second-order valence-electron chi connectivity index (χ2n) is 7.58. The molecule has 34 heavy (non-hydrogen) atoms. The first-order chi connectivity index (χ1) is 16.0. The molecule has 1 aromatic carbocycles. The number of carbonyl (C=O) groups is 1. The van der Waals surface area contributed by atoms with Gasteiger partial charge in [0.2, 0.25) is 5.56 Å². The van der Waals surface area contributed by atoms with Gasteiger partial charge in [0.25, 0.3) is 0 Å². The molecule has 182 valence electrons. The molecule has 3 rings (SSSR count). The average molecular weight is 496 g/mol. The van der Waals surface area contributed by atoms with Crippen molar-refractivity contribution in [3.8, 4) is 5.75 Å². The summed E-state index contributed by atoms with van der Waals surface area (Å²) in [4.78, 5) is 29.3. The van der Waals surface area contributed by atoms with Gasteiger partial charge in [-0.15, -0.1) is 0 Å². The molecule has 13 heteroatoms. The number of hydrogen-bond acceptors (Lipinski definition) is 7. The fourth-order valence-electron chi connectivity index (χ4n) is 3.21. The highest BCUT2D eigenvalue weighted by Crippen LogP contribution is 2.29. The highest BCUT2D eigenvalue weighted by molar-refractivity contribution is 7.87. The van der Waals surface area contributed by atoms with Crippen LogP contribution < -0.4 is 15.5 Å². The summed E-state index contributed by atoms with van der Waals surface area (Å²) in [5, 5.41) is -0.340. The zero-order chi connectivity index (χ0) is 25.0. The van der Waals surface area contributed by atoms with Crippen molar-refractivity contribution in [3.63, 3.8) is 0 Å². The molecule has 10 nitrogen and oxygen atoms in total. The number of ether oxygens (including phenoxy) is 1. The smallest absolute Gasteiger partial charge is 0.404 e. The number of nitrogens with one attached hydrogen (secondary N) is 1. The van der Waals surface area contributed by atoms with Crippen molar-refractivity contribution in [1.82, 2.24) is 14.5 Å². The van der Waals surface area contributed by atoms with Gasteiger partial charge in [-0.1, -0.05) is 19.9 Å². The molecule has 2 aromatic heterocycles. The third-order valence-corrected chi connectivity index (χ3v) is 5.93. The van der Waals surface area contributed by atoms with E-state index in [1.165, 1.54) is 22.9 Å². The Morgan fingerprint density at radius 1 is 1.21 bits per heavy atom. The normalized spacial score (nSPS) is 11.6. The van der Waals surface area contributed by atoms with E-state index in [9.17, 15) is 26.8 Å². The van der Waals surface area contributed by atoms with Crippen molar-refractivity contribution in [2.24, 2.45) is 5.73 Å². The highest BCUT2D eigenvalue weighted by Gasteiger charge is 2.31. The van der Waals surface area contributed by atoms with Crippen LogP contribution in [0.25, 0.3) is 0 Å². The number of imidazole rings is 1. The Hall–Kier alpha value is -3.74. The fourth-order valence-corrected chi connectivity index (χ4v) is 4.61. The number of rotatable bonds is 9. The van der Waals surface area contributed by atoms with Crippen LogP contribution in [0, 0.1) is 11.6 Å². The Balaban J connectivity index is 2.13. The van der Waals surface area contributed by atoms with Crippen molar-refractivity contribution >= 4 is 16.2 Å². The summed E-state index contributed by atoms with van der Waals surface area (Å²) in [5.41, 5.74) is 5.31. The number of benzene rings is 1. The van der Waals surface area contributed by atoms with Crippen molar-refractivity contribution in [3.05, 3.63) is 75.6 Å². The number of pyridine rings is 1. The fraction of sp³-hybridized carbons (Fsp3) is 0.286. The second kappa shape index (κ2) is 10.0. The monoisotopic (exact) mass is 496 g/mol. The summed E-state index contributed by atoms with van der Waals surface area (Å²) in [6.45, 7) is 3.18. The van der Waals surface area contributed by atoms with Crippen molar-refractivity contribution in [2.75, 3.05) is 6.61 Å². The molecule has 0 aliphatic heterocycles. The van der Waals surface area contributed by atoms with Crippen LogP contribution in [0.15, 0.2) is 46.3 Å². The molecule has 0 saturated carbocycles. The first-order valence-corrected chi connectivity index (χ1v) is 11.5. The lowest BCUT2D eigenvalue weighted by molar-refractivity contribution is 0.157. The molecule has 0 atom stereocenters. The number of primary amides is 1. The number of carbonyl (C=O) groups excluding carboxylic acids is 1. The van der Waals surface area contributed by atoms with E-state index in [2.05, 4.69) is 9.97 Å². The van der Waals surface area contributed by atoms with Gasteiger partial charge in [-0.2, -0.15) is 8.42 Å². The summed E-state index contributed by atoms with van der Waals surface area (Å²) in [6, 6.07) is 4.82. The molecule has 3 aromatic rings. The number of amides is 1. The number of nitrogens with two attached hydrogens (primary N) is 1. The van der Waals surface area contributed by atoms with Crippen LogP contribution in [0.5, 0.6) is 5.75 Å². The molecule has 0 radical (unpaired) electrons. The molecule has 0 spiro atoms. The molecule has 0 bridgehead atoms. The number of H-pyrrole nitrogens is 1. The van der Waals surface area contributed by atoms with Crippen LogP contribution in [0.3, 0.4) is 0 Å². The van der Waals surface area contributed by atoms with E-state index in [4.69, 9.17) is 14.7 Å². The zero-order valence-corrected chi connectivity index (χ0v) is 19.1. The van der Waals surface area contributed by atoms with Gasteiger partial charge >= 0.3 is 16.2 Å². The molecule has 1 amide bonds. The van der Waals surface area contributed by atoms with E-state index < -0.39 is 39.5 Å². The van der Waals surface area contributed by atoms with Gasteiger partial charge in [-0.25, -0.2) is 18.6 Å². The number of hydrogen-bond donors (Lipinski definition) is 2. The van der Waals surface area contributed by atoms with Gasteiger partial charge in [0, 0.05) is 36.9 Å². The molecule has 0 aliphatic carbocycles. The quantitative estimate of drug-likeness (QED) is 0.433. The van der Waals surface area contributed by atoms with Crippen molar-refractivity contribution in [1.29, 1.82) is 0 Å². The Bertz CT molecular complexity index is 1330. The topological polar surface area (TPSA) is 146 Å². The third-order valence-electron chi connectivity index (χ3n) is 4.61. The van der Waals surface area contributed by atoms with E-state index in [1.807, 2.05) is 0 Å². The molecule has 0 fully saturated rings. The summed E-state index contributed by atoms with van der Waals surface area (Å²) in [6.07, 6.45) is 0.406. The number of aromatic amines is 1. The van der Waals surface area contributed by atoms with Crippen molar-refractivity contribution in [2.45, 2.75) is 37.8 Å². The molecule has 3 N–H and O–H groups in total. The lowest BCUT2D eigenvalue weighted by Gasteiger charge is -2.15. The summed E-state index contributed by atoms with van der Waals surface area (Å²) in [7, 11) is -4.64. The SMILES string of the molecule is CC(C)c1nc(CCOC(N)=O)n(Cc2ccc(=O)[nH]c2)c1S(=O)(=O)Oc1cc(F)cc(F)c1. The van der Waals surface area contributed by atoms with Gasteiger partial charge in [-0.3, -0.25) is 4.79 Å². The number of aromatic nitrogens is 3. The van der Waals surface area contributed by atoms with E-state index in [-0.39, 0.29) is 41.7 Å². The van der Waals surface area contributed by atoms with Gasteiger partial charge in [0.15, 0.2) is 5.03 Å². The minimum Gasteiger partial charge on any atom is -0.449 e. The number of halogens is 2. The largest absolute Gasteiger partial charge is 0.449 e. The van der Waals surface area contributed by atoms with E-state index >= 15 is 0 Å². The van der Waals surface area contributed by atoms with Crippen LogP contribution in [-0.2, 0) is 27.8 Å². The second-order valence-corrected chi connectivity index (χ2v) is 9.04. The Morgan fingerprint density at radius 3 is 2.44 bits per heavy atom. The van der Waals surface area contributed by atoms with E-state index in [1.54, 1.807) is 13.8 Å². The van der Waals surface area contributed by atoms with E-state index in [0.717, 1.165) is 12.1 Å². The maximum atomic E-state index is 13.6. The van der Waals surface area contributed by atoms with Crippen LogP contribution >= 0.6 is 0 Å². The Labute approximate surface area is 193 Å². The maximum absolute atomic E-state index is 13.6. The van der Waals surface area contributed by atoms with Gasteiger partial charge in [0.1, 0.15) is 29.8 Å². The number of nitrogens with zero attached hydrogens (tertiary/aromatic N) is 2. The minimum absolute atomic E-state index is 0.0100. The van der Waals surface area contributed by atoms with Crippen LogP contribution in [0.4, 0.5) is 13.6 Å². The van der Waals surface area contributed by atoms with E-state index in [0.29, 0.717) is 11.6 Å². The molecule has 0 saturated heterocycles. The van der Waals surface area contributed by atoms with Crippen molar-refractivity contribution < 1.29 is 30.9 Å². The summed E-state index contributed by atoms with van der Waals surface area (Å²) >= 11 is 0. The summed E-state index contributed by atoms with van der Waals surface area (Å²) in [5.74, 6) is -2.75. The minimum atomic E-state index is -4.64. The molecular formula is C21H22F2N4O6S. The predicted molar refractivity (Wildman–Crippen MR) is 116 cm³/mol. The van der Waals surface area contributed by atoms with Crippen LogP contribution in [-0.4, -0.2) is 35.7 Å². The molecule has 0 aliphatic rings. The Morgan fingerprint density at radius 2 is 1.88 bits per heavy atom. The molecule has 2 heterocycles. The zero-order valence-electron chi connectivity index (χ0n) is 18.2. The molecular weight excluding hydrogens is 474 g/mol. The first kappa shape index (κ1) is 24.9. The maximum Gasteiger partial charge on any atom is 0.404 e. The lowest BCUT2D eigenvalue weighted by Crippen LogP contribution is -2.20. The standard InChI is InChI=1S/C21H22F2N4O6S/c1-12(2)19-20(34(30,31)33-16-8-14(22)7-15(23)9-16)27(11-13-3-4-18(28)25-10-13)17(26-19)5-6-32-21(24)29/h3-4,7-10,12H,5-6,11H2,1-2H3,(H2,24,29)(H,25,28). The Kier molecular flexibility index (Phi) is 7.35. The summed E-state index contributed by atoms with van der Waals surface area (Å²) < 4.78 is 65.0. The van der Waals surface area contributed by atoms with Gasteiger partial charge in [-0.05, 0) is 11.5 Å². The predicted octanol–water partition coefficient (Wildman–Crippen LogP) is 2.43. The van der Waals surface area contributed by atoms with Crippen LogP contribution in [0.2, 0.25) is 0 Å². The van der Waals surface area contributed by atoms with Crippen LogP contribution in [0.1, 0.15) is 36.8 Å². The first-order valence-electron chi connectivity index (χ1n) is 10.1. The van der Waals surface area contributed by atoms with Gasteiger partial charge < -0.3 is 24.2 Å². The third kappa shape index (κ3) is 5.98. The molecule has 0 unspecified atom stereocenters. The lowest BCUT2D eigenvalue weighted by atomic mass is 10.1. The van der Waals surface area contributed by atoms with Gasteiger partial charge in [0.05, 0.1) is 12.2 Å². The highest BCUT2D eigenvalue weighted by atomic mass is 32.2.